The number of hydrogen-bond donors (Lipinski definition) is 1. The largest absolute Gasteiger partial charge is 0.481 e. The third-order valence-corrected chi connectivity index (χ3v) is 3.30. The van der Waals surface area contributed by atoms with E-state index in [-0.39, 0.29) is 24.1 Å². The molecule has 1 aromatic carbocycles. The van der Waals surface area contributed by atoms with E-state index in [0.717, 1.165) is 5.56 Å². The van der Waals surface area contributed by atoms with E-state index in [1.807, 2.05) is 0 Å². The monoisotopic (exact) mass is 342 g/mol. The molecule has 0 bridgehead atoms. The van der Waals surface area contributed by atoms with Gasteiger partial charge < -0.3 is 14.6 Å². The molecule has 1 N–H and O–H groups in total. The maximum Gasteiger partial charge on any atom is 0.261 e. The average molecular weight is 342 g/mol. The smallest absolute Gasteiger partial charge is 0.261 e. The number of nitrogens with one attached hydrogen (secondary N) is 1. The molecule has 0 spiro atoms. The van der Waals surface area contributed by atoms with Crippen LogP contribution >= 0.6 is 0 Å². The molecule has 1 amide bonds. The molecule has 7 nitrogen and oxygen atoms in total. The number of rotatable bonds is 6. The first-order valence-corrected chi connectivity index (χ1v) is 7.55. The van der Waals surface area contributed by atoms with Crippen LogP contribution in [0.4, 0.5) is 4.39 Å². The fourth-order valence-corrected chi connectivity index (χ4v) is 2.05. The van der Waals surface area contributed by atoms with Crippen LogP contribution in [0.3, 0.4) is 0 Å². The average Bonchev–Trinajstić information content (AvgIpc) is 3.09. The second-order valence-electron chi connectivity index (χ2n) is 5.18. The third-order valence-electron chi connectivity index (χ3n) is 3.30. The van der Waals surface area contributed by atoms with Crippen LogP contribution in [0.2, 0.25) is 0 Å². The van der Waals surface area contributed by atoms with Crippen LogP contribution in [0, 0.1) is 5.82 Å². The molecule has 25 heavy (non-hydrogen) atoms. The van der Waals surface area contributed by atoms with Crippen molar-refractivity contribution in [1.82, 2.24) is 20.4 Å². The molecule has 0 saturated carbocycles. The first-order valence-electron chi connectivity index (χ1n) is 7.55. The van der Waals surface area contributed by atoms with Crippen molar-refractivity contribution >= 4 is 5.91 Å². The minimum absolute atomic E-state index is 0.0633. The third kappa shape index (κ3) is 4.37. The van der Waals surface area contributed by atoms with Crippen molar-refractivity contribution in [3.05, 3.63) is 60.5 Å². The van der Waals surface area contributed by atoms with E-state index < -0.39 is 11.9 Å². The number of amides is 1. The maximum absolute atomic E-state index is 13.1. The molecule has 0 aliphatic heterocycles. The van der Waals surface area contributed by atoms with Gasteiger partial charge in [-0.1, -0.05) is 11.2 Å². The van der Waals surface area contributed by atoms with Gasteiger partial charge in [0, 0.05) is 24.0 Å². The molecule has 1 atom stereocenters. The van der Waals surface area contributed by atoms with Crippen LogP contribution in [0.25, 0.3) is 11.4 Å². The molecule has 0 saturated heterocycles. The van der Waals surface area contributed by atoms with E-state index in [0.29, 0.717) is 5.82 Å². The van der Waals surface area contributed by atoms with Gasteiger partial charge >= 0.3 is 0 Å². The van der Waals surface area contributed by atoms with Gasteiger partial charge in [-0.2, -0.15) is 4.98 Å². The zero-order valence-electron chi connectivity index (χ0n) is 13.3. The molecule has 8 heteroatoms. The van der Waals surface area contributed by atoms with E-state index >= 15 is 0 Å². The van der Waals surface area contributed by atoms with Gasteiger partial charge in [-0.25, -0.2) is 4.39 Å². The van der Waals surface area contributed by atoms with E-state index in [2.05, 4.69) is 20.4 Å². The highest BCUT2D eigenvalue weighted by atomic mass is 19.1. The lowest BCUT2D eigenvalue weighted by atomic mass is 10.2. The van der Waals surface area contributed by atoms with Crippen LogP contribution in [0.5, 0.6) is 5.75 Å². The Morgan fingerprint density at radius 1 is 1.32 bits per heavy atom. The number of ether oxygens (including phenoxy) is 1. The van der Waals surface area contributed by atoms with Crippen LogP contribution in [-0.4, -0.2) is 27.1 Å². The molecule has 1 unspecified atom stereocenters. The van der Waals surface area contributed by atoms with Gasteiger partial charge in [-0.15, -0.1) is 0 Å². The van der Waals surface area contributed by atoms with Gasteiger partial charge in [0.05, 0.1) is 6.54 Å². The van der Waals surface area contributed by atoms with Crippen molar-refractivity contribution < 1.29 is 18.4 Å². The fraction of sp³-hybridized carbons (Fsp3) is 0.176. The highest BCUT2D eigenvalue weighted by molar-refractivity contribution is 5.80. The fourth-order valence-electron chi connectivity index (χ4n) is 2.05. The Hall–Kier alpha value is -3.29. The summed E-state index contributed by atoms with van der Waals surface area (Å²) in [6.07, 6.45) is 2.45. The van der Waals surface area contributed by atoms with Crippen molar-refractivity contribution in [2.75, 3.05) is 0 Å². The lowest BCUT2D eigenvalue weighted by Crippen LogP contribution is -2.36. The standard InChI is InChI=1S/C17H15FN4O3/c1-11(24-14-4-2-3-13(18)9-14)17(23)20-10-15-21-16(22-25-15)12-5-7-19-8-6-12/h2-9,11H,10H2,1H3,(H,20,23). The molecular formula is C17H15FN4O3. The second-order valence-corrected chi connectivity index (χ2v) is 5.18. The van der Waals surface area contributed by atoms with Crippen LogP contribution < -0.4 is 10.1 Å². The van der Waals surface area contributed by atoms with E-state index in [4.69, 9.17) is 9.26 Å². The zero-order valence-corrected chi connectivity index (χ0v) is 13.3. The summed E-state index contributed by atoms with van der Waals surface area (Å²) in [4.78, 5) is 20.2. The number of aromatic nitrogens is 3. The first kappa shape index (κ1) is 16.6. The first-order chi connectivity index (χ1) is 12.1. The predicted molar refractivity (Wildman–Crippen MR) is 85.9 cm³/mol. The Kier molecular flexibility index (Phi) is 4.98. The number of benzene rings is 1. The molecule has 128 valence electrons. The van der Waals surface area contributed by atoms with Gasteiger partial charge in [0.2, 0.25) is 11.7 Å². The van der Waals surface area contributed by atoms with Crippen molar-refractivity contribution in [2.45, 2.75) is 19.6 Å². The number of carbonyl (C=O) groups excluding carboxylic acids is 1. The van der Waals surface area contributed by atoms with Crippen molar-refractivity contribution in [2.24, 2.45) is 0 Å². The highest BCUT2D eigenvalue weighted by Gasteiger charge is 2.16. The Bertz CT molecular complexity index is 854. The number of pyridine rings is 1. The lowest BCUT2D eigenvalue weighted by Gasteiger charge is -2.13. The molecule has 0 fully saturated rings. The number of halogens is 1. The molecule has 0 radical (unpaired) electrons. The van der Waals surface area contributed by atoms with E-state index in [1.165, 1.54) is 18.2 Å². The number of hydrogen-bond acceptors (Lipinski definition) is 6. The quantitative estimate of drug-likeness (QED) is 0.739. The van der Waals surface area contributed by atoms with Crippen LogP contribution in [-0.2, 0) is 11.3 Å². The highest BCUT2D eigenvalue weighted by Crippen LogP contribution is 2.15. The Morgan fingerprint density at radius 2 is 2.12 bits per heavy atom. The summed E-state index contributed by atoms with van der Waals surface area (Å²) in [6.45, 7) is 1.63. The van der Waals surface area contributed by atoms with Crippen molar-refractivity contribution in [3.63, 3.8) is 0 Å². The molecule has 3 aromatic rings. The summed E-state index contributed by atoms with van der Waals surface area (Å²) in [5, 5.41) is 6.48. The summed E-state index contributed by atoms with van der Waals surface area (Å²) in [5.74, 6) is 0.141. The molecule has 0 aliphatic rings. The molecule has 2 aromatic heterocycles. The SMILES string of the molecule is CC(Oc1cccc(F)c1)C(=O)NCc1nc(-c2ccncc2)no1. The normalized spacial score (nSPS) is 11.8. The summed E-state index contributed by atoms with van der Waals surface area (Å²) >= 11 is 0. The van der Waals surface area contributed by atoms with Gasteiger partial charge in [-0.05, 0) is 31.2 Å². The molecule has 3 rings (SSSR count). The van der Waals surface area contributed by atoms with E-state index in [9.17, 15) is 9.18 Å². The zero-order chi connectivity index (χ0) is 17.6. The minimum atomic E-state index is -0.801. The van der Waals surface area contributed by atoms with Crippen LogP contribution in [0.15, 0.2) is 53.3 Å². The van der Waals surface area contributed by atoms with Crippen molar-refractivity contribution in [1.29, 1.82) is 0 Å². The van der Waals surface area contributed by atoms with Crippen molar-refractivity contribution in [3.8, 4) is 17.1 Å². The summed E-state index contributed by atoms with van der Waals surface area (Å²) in [5.41, 5.74) is 0.763. The van der Waals surface area contributed by atoms with Crippen LogP contribution in [0.1, 0.15) is 12.8 Å². The molecular weight excluding hydrogens is 327 g/mol. The topological polar surface area (TPSA) is 90.1 Å². The maximum atomic E-state index is 13.1. The molecule has 0 aliphatic carbocycles. The summed E-state index contributed by atoms with van der Waals surface area (Å²) in [7, 11) is 0. The van der Waals surface area contributed by atoms with Gasteiger partial charge in [-0.3, -0.25) is 9.78 Å². The van der Waals surface area contributed by atoms with Gasteiger partial charge in [0.25, 0.3) is 5.91 Å². The number of carbonyl (C=O) groups is 1. The number of nitrogens with zero attached hydrogens (tertiary/aromatic N) is 3. The lowest BCUT2D eigenvalue weighted by molar-refractivity contribution is -0.127. The van der Waals surface area contributed by atoms with Gasteiger partial charge in [0.15, 0.2) is 6.10 Å². The summed E-state index contributed by atoms with van der Waals surface area (Å²) in [6, 6.07) is 9.10. The minimum Gasteiger partial charge on any atom is -0.481 e. The van der Waals surface area contributed by atoms with Gasteiger partial charge in [0.1, 0.15) is 11.6 Å². The molecule has 2 heterocycles. The van der Waals surface area contributed by atoms with E-state index in [1.54, 1.807) is 37.5 Å². The predicted octanol–water partition coefficient (Wildman–Crippen LogP) is 2.35. The Morgan fingerprint density at radius 3 is 2.88 bits per heavy atom. The Balaban J connectivity index is 1.54. The Labute approximate surface area is 142 Å². The second kappa shape index (κ2) is 7.52. The summed E-state index contributed by atoms with van der Waals surface area (Å²) < 4.78 is 23.6.